The van der Waals surface area contributed by atoms with E-state index in [9.17, 15) is 0 Å². The van der Waals surface area contributed by atoms with Gasteiger partial charge in [-0.2, -0.15) is 0 Å². The third-order valence-corrected chi connectivity index (χ3v) is 4.41. The van der Waals surface area contributed by atoms with Crippen LogP contribution in [-0.2, 0) is 19.4 Å². The van der Waals surface area contributed by atoms with Crippen molar-refractivity contribution in [2.24, 2.45) is 0 Å². The van der Waals surface area contributed by atoms with Crippen LogP contribution in [-0.4, -0.2) is 18.6 Å². The SMILES string of the molecule is COc1ccc2c(c1)CCN1Cc3ccoc3CC21. The Kier molecular flexibility index (Phi) is 2.42. The Morgan fingerprint density at radius 1 is 1.26 bits per heavy atom. The van der Waals surface area contributed by atoms with E-state index in [1.807, 2.05) is 6.26 Å². The van der Waals surface area contributed by atoms with E-state index in [1.165, 1.54) is 16.7 Å². The predicted octanol–water partition coefficient (Wildman–Crippen LogP) is 2.94. The maximum Gasteiger partial charge on any atom is 0.119 e. The Morgan fingerprint density at radius 2 is 2.21 bits per heavy atom. The third kappa shape index (κ3) is 1.69. The zero-order valence-corrected chi connectivity index (χ0v) is 11.1. The van der Waals surface area contributed by atoms with Gasteiger partial charge in [0, 0.05) is 31.1 Å². The molecular formula is C16H17NO2. The lowest BCUT2D eigenvalue weighted by atomic mass is 9.87. The van der Waals surface area contributed by atoms with Crippen molar-refractivity contribution in [3.63, 3.8) is 0 Å². The number of fused-ring (bicyclic) bond motifs is 4. The third-order valence-electron chi connectivity index (χ3n) is 4.41. The maximum absolute atomic E-state index is 5.61. The van der Waals surface area contributed by atoms with E-state index in [0.29, 0.717) is 6.04 Å². The molecule has 2 aromatic rings. The van der Waals surface area contributed by atoms with Crippen molar-refractivity contribution in [3.05, 3.63) is 53.0 Å². The van der Waals surface area contributed by atoms with E-state index in [0.717, 1.165) is 37.4 Å². The number of nitrogens with zero attached hydrogens (tertiary/aromatic N) is 1. The van der Waals surface area contributed by atoms with E-state index >= 15 is 0 Å². The number of ether oxygens (including phenoxy) is 1. The van der Waals surface area contributed by atoms with Crippen molar-refractivity contribution >= 4 is 0 Å². The van der Waals surface area contributed by atoms with Crippen LogP contribution < -0.4 is 4.74 Å². The summed E-state index contributed by atoms with van der Waals surface area (Å²) in [6.45, 7) is 2.14. The van der Waals surface area contributed by atoms with Gasteiger partial charge in [-0.3, -0.25) is 4.90 Å². The minimum absolute atomic E-state index is 0.466. The highest BCUT2D eigenvalue weighted by Gasteiger charge is 2.33. The predicted molar refractivity (Wildman–Crippen MR) is 72.3 cm³/mol. The van der Waals surface area contributed by atoms with E-state index in [-0.39, 0.29) is 0 Å². The normalized spacial score (nSPS) is 21.4. The molecule has 98 valence electrons. The zero-order chi connectivity index (χ0) is 12.8. The number of furan rings is 1. The van der Waals surface area contributed by atoms with Crippen molar-refractivity contribution in [2.45, 2.75) is 25.4 Å². The fraction of sp³-hybridized carbons (Fsp3) is 0.375. The fourth-order valence-corrected chi connectivity index (χ4v) is 3.38. The van der Waals surface area contributed by atoms with Gasteiger partial charge < -0.3 is 9.15 Å². The number of hydrogen-bond acceptors (Lipinski definition) is 3. The van der Waals surface area contributed by atoms with Crippen LogP contribution in [0.15, 0.2) is 34.9 Å². The number of benzene rings is 1. The summed E-state index contributed by atoms with van der Waals surface area (Å²) in [7, 11) is 1.73. The molecule has 3 heterocycles. The van der Waals surface area contributed by atoms with Crippen LogP contribution in [0, 0.1) is 0 Å². The molecule has 0 bridgehead atoms. The van der Waals surface area contributed by atoms with Gasteiger partial charge in [-0.25, -0.2) is 0 Å². The van der Waals surface area contributed by atoms with Gasteiger partial charge in [0.2, 0.25) is 0 Å². The first-order chi connectivity index (χ1) is 9.35. The van der Waals surface area contributed by atoms with Crippen LogP contribution in [0.2, 0.25) is 0 Å². The summed E-state index contributed by atoms with van der Waals surface area (Å²) >= 11 is 0. The van der Waals surface area contributed by atoms with Gasteiger partial charge in [0.25, 0.3) is 0 Å². The quantitative estimate of drug-likeness (QED) is 0.783. The molecule has 3 nitrogen and oxygen atoms in total. The van der Waals surface area contributed by atoms with Gasteiger partial charge in [-0.05, 0) is 35.7 Å². The molecule has 0 N–H and O–H groups in total. The highest BCUT2D eigenvalue weighted by Crippen LogP contribution is 2.39. The molecule has 0 fully saturated rings. The first kappa shape index (κ1) is 11.1. The van der Waals surface area contributed by atoms with Gasteiger partial charge in [0.15, 0.2) is 0 Å². The van der Waals surface area contributed by atoms with Crippen LogP contribution in [0.5, 0.6) is 5.75 Å². The molecule has 1 atom stereocenters. The molecule has 1 aromatic heterocycles. The second-order valence-corrected chi connectivity index (χ2v) is 5.37. The lowest BCUT2D eigenvalue weighted by Gasteiger charge is -2.40. The molecular weight excluding hydrogens is 238 g/mol. The molecule has 0 amide bonds. The zero-order valence-electron chi connectivity index (χ0n) is 11.1. The molecule has 0 saturated heterocycles. The molecule has 4 rings (SSSR count). The van der Waals surface area contributed by atoms with Gasteiger partial charge >= 0.3 is 0 Å². The fourth-order valence-electron chi connectivity index (χ4n) is 3.38. The standard InChI is InChI=1S/C16H17NO2/c1-18-13-2-3-14-11(8-13)4-6-17-10-12-5-7-19-16(12)9-15(14)17/h2-3,5,7-8,15H,4,6,9-10H2,1H3. The van der Waals surface area contributed by atoms with Crippen molar-refractivity contribution in [2.75, 3.05) is 13.7 Å². The Hall–Kier alpha value is -1.74. The van der Waals surface area contributed by atoms with E-state index in [1.54, 1.807) is 7.11 Å². The van der Waals surface area contributed by atoms with E-state index in [2.05, 4.69) is 29.2 Å². The summed E-state index contributed by atoms with van der Waals surface area (Å²) in [5.41, 5.74) is 4.22. The summed E-state index contributed by atoms with van der Waals surface area (Å²) in [6, 6.07) is 9.05. The van der Waals surface area contributed by atoms with Crippen molar-refractivity contribution in [1.82, 2.24) is 4.90 Å². The first-order valence-electron chi connectivity index (χ1n) is 6.81. The molecule has 0 radical (unpaired) electrons. The van der Waals surface area contributed by atoms with Gasteiger partial charge in [-0.15, -0.1) is 0 Å². The Balaban J connectivity index is 1.75. The molecule has 2 aliphatic rings. The monoisotopic (exact) mass is 255 g/mol. The summed E-state index contributed by atoms with van der Waals surface area (Å²) in [4.78, 5) is 2.56. The van der Waals surface area contributed by atoms with Crippen molar-refractivity contribution in [3.8, 4) is 5.75 Å². The molecule has 1 unspecified atom stereocenters. The van der Waals surface area contributed by atoms with Crippen LogP contribution in [0.25, 0.3) is 0 Å². The molecule has 0 saturated carbocycles. The second-order valence-electron chi connectivity index (χ2n) is 5.37. The van der Waals surface area contributed by atoms with Crippen LogP contribution in [0.1, 0.15) is 28.5 Å². The van der Waals surface area contributed by atoms with E-state index < -0.39 is 0 Å². The molecule has 3 heteroatoms. The molecule has 0 aliphatic carbocycles. The van der Waals surface area contributed by atoms with Crippen LogP contribution >= 0.6 is 0 Å². The van der Waals surface area contributed by atoms with Crippen LogP contribution in [0.4, 0.5) is 0 Å². The summed E-state index contributed by atoms with van der Waals surface area (Å²) in [6.07, 6.45) is 3.91. The van der Waals surface area contributed by atoms with Crippen LogP contribution in [0.3, 0.4) is 0 Å². The second kappa shape index (κ2) is 4.14. The van der Waals surface area contributed by atoms with Crippen molar-refractivity contribution < 1.29 is 9.15 Å². The largest absolute Gasteiger partial charge is 0.497 e. The lowest BCUT2D eigenvalue weighted by molar-refractivity contribution is 0.151. The van der Waals surface area contributed by atoms with Crippen molar-refractivity contribution in [1.29, 1.82) is 0 Å². The minimum Gasteiger partial charge on any atom is -0.497 e. The van der Waals surface area contributed by atoms with E-state index in [4.69, 9.17) is 9.15 Å². The number of hydrogen-bond donors (Lipinski definition) is 0. The molecule has 0 spiro atoms. The Bertz CT molecular complexity index is 617. The Labute approximate surface area is 112 Å². The lowest BCUT2D eigenvalue weighted by Crippen LogP contribution is -2.38. The van der Waals surface area contributed by atoms with Gasteiger partial charge in [-0.1, -0.05) is 6.07 Å². The number of methoxy groups -OCH3 is 1. The summed E-state index contributed by atoms with van der Waals surface area (Å²) in [5.74, 6) is 2.12. The highest BCUT2D eigenvalue weighted by atomic mass is 16.5. The van der Waals surface area contributed by atoms with Gasteiger partial charge in [0.1, 0.15) is 11.5 Å². The summed E-state index contributed by atoms with van der Waals surface area (Å²) < 4.78 is 10.9. The first-order valence-corrected chi connectivity index (χ1v) is 6.81. The highest BCUT2D eigenvalue weighted by molar-refractivity contribution is 5.41. The van der Waals surface area contributed by atoms with Gasteiger partial charge in [0.05, 0.1) is 13.4 Å². The average Bonchev–Trinajstić information content (AvgIpc) is 2.91. The summed E-state index contributed by atoms with van der Waals surface area (Å²) in [5, 5.41) is 0. The topological polar surface area (TPSA) is 25.6 Å². The molecule has 2 aliphatic heterocycles. The minimum atomic E-state index is 0.466. The maximum atomic E-state index is 5.61. The smallest absolute Gasteiger partial charge is 0.119 e. The number of rotatable bonds is 1. The molecule has 1 aromatic carbocycles. The Morgan fingerprint density at radius 3 is 3.11 bits per heavy atom. The average molecular weight is 255 g/mol. The molecule has 19 heavy (non-hydrogen) atoms.